The molecule has 4 aromatic heterocycles. The number of aromatic amines is 4. The Hall–Kier alpha value is -2.88. The largest absolute Gasteiger partial charge is 0.357 e. The van der Waals surface area contributed by atoms with Gasteiger partial charge in [-0.05, 0) is 62.4 Å². The molecule has 4 nitrogen and oxygen atoms in total. The molecule has 0 bridgehead atoms. The second-order valence-corrected chi connectivity index (χ2v) is 5.68. The van der Waals surface area contributed by atoms with Gasteiger partial charge in [0.2, 0.25) is 0 Å². The zero-order valence-corrected chi connectivity index (χ0v) is 12.6. The van der Waals surface area contributed by atoms with Gasteiger partial charge in [0.1, 0.15) is 0 Å². The zero-order valence-electron chi connectivity index (χ0n) is 12.6. The molecule has 0 aliphatic carbocycles. The maximum atomic E-state index is 3.46. The second-order valence-electron chi connectivity index (χ2n) is 5.68. The average Bonchev–Trinajstić information content (AvgIpc) is 3.24. The third kappa shape index (κ3) is 2.19. The minimum absolute atomic E-state index is 1.08. The van der Waals surface area contributed by atoms with Gasteiger partial charge < -0.3 is 19.9 Å². The van der Waals surface area contributed by atoms with Crippen LogP contribution in [0, 0.1) is 13.8 Å². The first kappa shape index (κ1) is 12.8. The summed E-state index contributed by atoms with van der Waals surface area (Å²) >= 11 is 0. The van der Waals surface area contributed by atoms with Crippen molar-refractivity contribution in [3.63, 3.8) is 0 Å². The van der Waals surface area contributed by atoms with Gasteiger partial charge in [0.25, 0.3) is 0 Å². The van der Waals surface area contributed by atoms with Crippen LogP contribution in [-0.4, -0.2) is 19.9 Å². The van der Waals surface area contributed by atoms with E-state index in [9.17, 15) is 0 Å². The summed E-state index contributed by atoms with van der Waals surface area (Å²) in [4.78, 5) is 13.6. The van der Waals surface area contributed by atoms with Crippen molar-refractivity contribution in [2.24, 2.45) is 0 Å². The Morgan fingerprint density at radius 1 is 0.409 bits per heavy atom. The van der Waals surface area contributed by atoms with Crippen LogP contribution in [0.5, 0.6) is 0 Å². The van der Waals surface area contributed by atoms with E-state index in [2.05, 4.69) is 82.3 Å². The fourth-order valence-electron chi connectivity index (χ4n) is 2.74. The van der Waals surface area contributed by atoms with Crippen molar-refractivity contribution in [1.29, 1.82) is 0 Å². The molecular formula is C18H18N4. The minimum atomic E-state index is 1.08. The van der Waals surface area contributed by atoms with Crippen LogP contribution in [0.15, 0.2) is 48.5 Å². The number of aryl methyl sites for hydroxylation is 2. The molecule has 22 heavy (non-hydrogen) atoms. The molecule has 0 fully saturated rings. The Balaban J connectivity index is 1.65. The lowest BCUT2D eigenvalue weighted by Gasteiger charge is -1.96. The molecule has 0 unspecified atom stereocenters. The molecule has 110 valence electrons. The molecular weight excluding hydrogens is 272 g/mol. The van der Waals surface area contributed by atoms with E-state index in [1.165, 1.54) is 0 Å². The molecule has 0 aromatic carbocycles. The molecule has 4 N–H and O–H groups in total. The van der Waals surface area contributed by atoms with Gasteiger partial charge in [-0.2, -0.15) is 0 Å². The summed E-state index contributed by atoms with van der Waals surface area (Å²) in [6.07, 6.45) is 0. The van der Waals surface area contributed by atoms with Crippen molar-refractivity contribution < 1.29 is 0 Å². The highest BCUT2D eigenvalue weighted by Crippen LogP contribution is 2.26. The van der Waals surface area contributed by atoms with Gasteiger partial charge in [-0.25, -0.2) is 0 Å². The molecule has 0 amide bonds. The average molecular weight is 290 g/mol. The Kier molecular flexibility index (Phi) is 2.82. The lowest BCUT2D eigenvalue weighted by molar-refractivity contribution is 1.23. The number of rotatable bonds is 3. The van der Waals surface area contributed by atoms with E-state index in [-0.39, 0.29) is 0 Å². The van der Waals surface area contributed by atoms with Crippen LogP contribution in [-0.2, 0) is 0 Å². The standard InChI is InChI=1S/C18H18N4/c1-11-3-5-13(19-11)15-7-9-17(21-15)18-10-8-16(22-18)14-6-4-12(2)20-14/h3-10,19-22H,1-2H3. The second kappa shape index (κ2) is 4.84. The maximum absolute atomic E-state index is 3.46. The molecule has 0 saturated heterocycles. The number of hydrogen-bond donors (Lipinski definition) is 4. The van der Waals surface area contributed by atoms with E-state index in [0.717, 1.165) is 45.6 Å². The minimum Gasteiger partial charge on any atom is -0.357 e. The molecule has 0 aliphatic heterocycles. The first-order valence-electron chi connectivity index (χ1n) is 7.39. The van der Waals surface area contributed by atoms with Crippen molar-refractivity contribution in [1.82, 2.24) is 19.9 Å². The highest BCUT2D eigenvalue weighted by atomic mass is 14.9. The Bertz CT molecular complexity index is 840. The number of aromatic nitrogens is 4. The van der Waals surface area contributed by atoms with Gasteiger partial charge in [-0.15, -0.1) is 0 Å². The highest BCUT2D eigenvalue weighted by Gasteiger charge is 2.08. The lowest BCUT2D eigenvalue weighted by Crippen LogP contribution is -1.82. The van der Waals surface area contributed by atoms with Crippen LogP contribution in [0.3, 0.4) is 0 Å². The molecule has 4 rings (SSSR count). The van der Waals surface area contributed by atoms with Crippen LogP contribution < -0.4 is 0 Å². The topological polar surface area (TPSA) is 63.2 Å². The summed E-state index contributed by atoms with van der Waals surface area (Å²) in [7, 11) is 0. The molecule has 0 spiro atoms. The van der Waals surface area contributed by atoms with Crippen molar-refractivity contribution in [2.75, 3.05) is 0 Å². The monoisotopic (exact) mass is 290 g/mol. The van der Waals surface area contributed by atoms with Gasteiger partial charge in [-0.1, -0.05) is 0 Å². The maximum Gasteiger partial charge on any atom is 0.0624 e. The Labute approximate surface area is 128 Å². The molecule has 4 aromatic rings. The Morgan fingerprint density at radius 3 is 0.955 bits per heavy atom. The predicted molar refractivity (Wildman–Crippen MR) is 89.6 cm³/mol. The fourth-order valence-corrected chi connectivity index (χ4v) is 2.74. The normalized spacial score (nSPS) is 11.2. The number of hydrogen-bond acceptors (Lipinski definition) is 0. The molecule has 0 radical (unpaired) electrons. The summed E-state index contributed by atoms with van der Waals surface area (Å²) < 4.78 is 0. The van der Waals surface area contributed by atoms with Crippen LogP contribution in [0.4, 0.5) is 0 Å². The van der Waals surface area contributed by atoms with Crippen molar-refractivity contribution in [3.05, 3.63) is 59.9 Å². The van der Waals surface area contributed by atoms with E-state index in [4.69, 9.17) is 0 Å². The molecule has 0 saturated carbocycles. The van der Waals surface area contributed by atoms with Crippen LogP contribution >= 0.6 is 0 Å². The SMILES string of the molecule is Cc1ccc(-c2ccc(-c3ccc(-c4ccc(C)[nH]4)[nH]3)[nH]2)[nH]1. The summed E-state index contributed by atoms with van der Waals surface area (Å²) in [6, 6.07) is 16.7. The van der Waals surface area contributed by atoms with Crippen molar-refractivity contribution in [3.8, 4) is 34.2 Å². The van der Waals surface area contributed by atoms with E-state index in [0.29, 0.717) is 0 Å². The molecule has 0 aliphatic rings. The zero-order chi connectivity index (χ0) is 15.1. The van der Waals surface area contributed by atoms with E-state index in [1.54, 1.807) is 0 Å². The summed E-state index contributed by atoms with van der Waals surface area (Å²) in [5, 5.41) is 0. The van der Waals surface area contributed by atoms with Gasteiger partial charge >= 0.3 is 0 Å². The first-order valence-corrected chi connectivity index (χ1v) is 7.39. The van der Waals surface area contributed by atoms with Crippen molar-refractivity contribution >= 4 is 0 Å². The van der Waals surface area contributed by atoms with Crippen LogP contribution in [0.2, 0.25) is 0 Å². The quantitative estimate of drug-likeness (QED) is 0.425. The first-order chi connectivity index (χ1) is 10.7. The highest BCUT2D eigenvalue weighted by molar-refractivity contribution is 5.68. The fraction of sp³-hybridized carbons (Fsp3) is 0.111. The van der Waals surface area contributed by atoms with E-state index >= 15 is 0 Å². The van der Waals surface area contributed by atoms with Gasteiger partial charge in [0.15, 0.2) is 0 Å². The van der Waals surface area contributed by atoms with Crippen LogP contribution in [0.1, 0.15) is 11.4 Å². The third-order valence-corrected chi connectivity index (χ3v) is 3.91. The predicted octanol–water partition coefficient (Wildman–Crippen LogP) is 4.62. The number of H-pyrrole nitrogens is 4. The van der Waals surface area contributed by atoms with E-state index < -0.39 is 0 Å². The van der Waals surface area contributed by atoms with Crippen LogP contribution in [0.25, 0.3) is 34.2 Å². The molecule has 0 atom stereocenters. The third-order valence-electron chi connectivity index (χ3n) is 3.91. The van der Waals surface area contributed by atoms with E-state index in [1.807, 2.05) is 0 Å². The summed E-state index contributed by atoms with van der Waals surface area (Å²) in [6.45, 7) is 4.12. The van der Waals surface area contributed by atoms with Gasteiger partial charge in [-0.3, -0.25) is 0 Å². The van der Waals surface area contributed by atoms with Crippen molar-refractivity contribution in [2.45, 2.75) is 13.8 Å². The lowest BCUT2D eigenvalue weighted by atomic mass is 10.3. The molecule has 4 heteroatoms. The molecule has 4 heterocycles. The number of nitrogens with one attached hydrogen (secondary N) is 4. The van der Waals surface area contributed by atoms with Gasteiger partial charge in [0, 0.05) is 11.4 Å². The smallest absolute Gasteiger partial charge is 0.0624 e. The summed E-state index contributed by atoms with van der Waals surface area (Å²) in [5.74, 6) is 0. The summed E-state index contributed by atoms with van der Waals surface area (Å²) in [5.41, 5.74) is 8.88. The Morgan fingerprint density at radius 2 is 0.682 bits per heavy atom. The van der Waals surface area contributed by atoms with Gasteiger partial charge in [0.05, 0.1) is 34.2 Å².